The number of nitrogens with one attached hydrogen (secondary N) is 1. The number of para-hydroxylation sites is 1. The average molecular weight is 511 g/mol. The van der Waals surface area contributed by atoms with Crippen LogP contribution in [-0.4, -0.2) is 37.3 Å². The number of amides is 1. The van der Waals surface area contributed by atoms with Gasteiger partial charge >= 0.3 is 0 Å². The molecule has 0 aliphatic carbocycles. The Balaban J connectivity index is 1.47. The molecule has 0 atom stereocenters. The SMILES string of the molecule is O=C(c1[nH]c2c(F)cccc2c1S(=O)(=O)c1ccc(Cl)cc1)N1CCC(Cc2ccccc2)CC1. The number of nitrogens with zero attached hydrogens (tertiary/aromatic N) is 1. The van der Waals surface area contributed by atoms with Crippen LogP contribution in [0.25, 0.3) is 10.9 Å². The van der Waals surface area contributed by atoms with Crippen LogP contribution in [-0.2, 0) is 16.3 Å². The first-order chi connectivity index (χ1) is 16.8. The van der Waals surface area contributed by atoms with E-state index < -0.39 is 21.6 Å². The normalized spacial score (nSPS) is 15.0. The van der Waals surface area contributed by atoms with Gasteiger partial charge < -0.3 is 9.88 Å². The van der Waals surface area contributed by atoms with Crippen molar-refractivity contribution in [3.8, 4) is 0 Å². The standard InChI is InChI=1S/C27H24ClFN2O3S/c28-20-9-11-21(12-10-20)35(33,34)26-22-7-4-8-23(29)24(22)30-25(26)27(32)31-15-13-19(14-16-31)17-18-5-2-1-3-6-18/h1-12,19,30H,13-17H2. The van der Waals surface area contributed by atoms with E-state index in [2.05, 4.69) is 17.1 Å². The summed E-state index contributed by atoms with van der Waals surface area (Å²) in [5, 5.41) is 0.547. The molecule has 1 amide bonds. The predicted molar refractivity (Wildman–Crippen MR) is 134 cm³/mol. The van der Waals surface area contributed by atoms with Crippen LogP contribution in [0.2, 0.25) is 5.02 Å². The molecule has 3 aromatic carbocycles. The van der Waals surface area contributed by atoms with E-state index >= 15 is 0 Å². The van der Waals surface area contributed by atoms with E-state index in [1.165, 1.54) is 48.0 Å². The molecule has 1 aliphatic rings. The van der Waals surface area contributed by atoms with Gasteiger partial charge in [-0.3, -0.25) is 4.79 Å². The number of sulfone groups is 1. The number of rotatable bonds is 5. The molecule has 1 aliphatic heterocycles. The summed E-state index contributed by atoms with van der Waals surface area (Å²) >= 11 is 5.94. The second kappa shape index (κ2) is 9.47. The molecule has 8 heteroatoms. The fourth-order valence-electron chi connectivity index (χ4n) is 4.76. The number of aromatic nitrogens is 1. The number of hydrogen-bond acceptors (Lipinski definition) is 3. The summed E-state index contributed by atoms with van der Waals surface area (Å²) in [6.45, 7) is 1.02. The number of piperidine rings is 1. The summed E-state index contributed by atoms with van der Waals surface area (Å²) in [5.41, 5.74) is 1.16. The van der Waals surface area contributed by atoms with Crippen molar-refractivity contribution in [2.45, 2.75) is 29.1 Å². The minimum atomic E-state index is -4.13. The molecule has 1 aromatic heterocycles. The van der Waals surface area contributed by atoms with Crippen molar-refractivity contribution >= 4 is 38.2 Å². The molecule has 180 valence electrons. The van der Waals surface area contributed by atoms with Gasteiger partial charge in [0.2, 0.25) is 9.84 Å². The van der Waals surface area contributed by atoms with Gasteiger partial charge in [-0.05, 0) is 61.1 Å². The van der Waals surface area contributed by atoms with E-state index in [1.807, 2.05) is 18.2 Å². The van der Waals surface area contributed by atoms with E-state index in [1.54, 1.807) is 4.90 Å². The molecule has 2 heterocycles. The third-order valence-electron chi connectivity index (χ3n) is 6.61. The van der Waals surface area contributed by atoms with Gasteiger partial charge in [0, 0.05) is 23.5 Å². The van der Waals surface area contributed by atoms with Crippen molar-refractivity contribution < 1.29 is 17.6 Å². The maximum atomic E-state index is 14.6. The van der Waals surface area contributed by atoms with Crippen LogP contribution >= 0.6 is 11.6 Å². The topological polar surface area (TPSA) is 70.2 Å². The Morgan fingerprint density at radius 1 is 0.971 bits per heavy atom. The van der Waals surface area contributed by atoms with Crippen molar-refractivity contribution in [2.24, 2.45) is 5.92 Å². The van der Waals surface area contributed by atoms with Gasteiger partial charge in [0.15, 0.2) is 0 Å². The second-order valence-corrected chi connectivity index (χ2v) is 11.2. The van der Waals surface area contributed by atoms with E-state index in [0.717, 1.165) is 19.3 Å². The first-order valence-corrected chi connectivity index (χ1v) is 13.3. The lowest BCUT2D eigenvalue weighted by atomic mass is 9.90. The van der Waals surface area contributed by atoms with Gasteiger partial charge in [0.1, 0.15) is 16.4 Å². The summed E-state index contributed by atoms with van der Waals surface area (Å²) in [4.78, 5) is 17.8. The number of benzene rings is 3. The van der Waals surface area contributed by atoms with Crippen molar-refractivity contribution in [3.63, 3.8) is 0 Å². The molecule has 0 radical (unpaired) electrons. The number of carbonyl (C=O) groups excluding carboxylic acids is 1. The monoisotopic (exact) mass is 510 g/mol. The van der Waals surface area contributed by atoms with E-state index in [4.69, 9.17) is 11.6 Å². The molecule has 0 bridgehead atoms. The maximum Gasteiger partial charge on any atom is 0.271 e. The Kier molecular flexibility index (Phi) is 6.38. The lowest BCUT2D eigenvalue weighted by Crippen LogP contribution is -2.39. The Morgan fingerprint density at radius 3 is 2.34 bits per heavy atom. The zero-order chi connectivity index (χ0) is 24.6. The molecule has 1 N–H and O–H groups in total. The van der Waals surface area contributed by atoms with Gasteiger partial charge in [0.25, 0.3) is 5.91 Å². The number of likely N-dealkylation sites (tertiary alicyclic amines) is 1. The zero-order valence-electron chi connectivity index (χ0n) is 18.9. The molecule has 0 unspecified atom stereocenters. The summed E-state index contributed by atoms with van der Waals surface area (Å²) < 4.78 is 41.9. The summed E-state index contributed by atoms with van der Waals surface area (Å²) in [5.74, 6) is -0.610. The van der Waals surface area contributed by atoms with Gasteiger partial charge in [0.05, 0.1) is 10.4 Å². The van der Waals surface area contributed by atoms with Crippen molar-refractivity contribution in [2.75, 3.05) is 13.1 Å². The first-order valence-electron chi connectivity index (χ1n) is 11.5. The number of H-pyrrole nitrogens is 1. The van der Waals surface area contributed by atoms with E-state index in [9.17, 15) is 17.6 Å². The molecule has 0 spiro atoms. The highest BCUT2D eigenvalue weighted by molar-refractivity contribution is 7.91. The zero-order valence-corrected chi connectivity index (χ0v) is 20.4. The van der Waals surface area contributed by atoms with Crippen LogP contribution in [0.15, 0.2) is 82.6 Å². The smallest absolute Gasteiger partial charge is 0.271 e. The van der Waals surface area contributed by atoms with Gasteiger partial charge in [-0.15, -0.1) is 0 Å². The van der Waals surface area contributed by atoms with Crippen LogP contribution in [0.3, 0.4) is 0 Å². The highest BCUT2D eigenvalue weighted by Gasteiger charge is 2.33. The molecule has 1 saturated heterocycles. The number of halogens is 2. The Hall–Kier alpha value is -3.16. The van der Waals surface area contributed by atoms with E-state index in [-0.39, 0.29) is 26.4 Å². The summed E-state index contributed by atoms with van der Waals surface area (Å²) in [6, 6.07) is 20.1. The third kappa shape index (κ3) is 4.58. The minimum Gasteiger partial charge on any atom is -0.347 e. The van der Waals surface area contributed by atoms with Gasteiger partial charge in [-0.1, -0.05) is 54.1 Å². The molecular formula is C27H24ClFN2O3S. The average Bonchev–Trinajstić information content (AvgIpc) is 3.27. The fourth-order valence-corrected chi connectivity index (χ4v) is 6.49. The van der Waals surface area contributed by atoms with Crippen molar-refractivity contribution in [1.82, 2.24) is 9.88 Å². The fraction of sp³-hybridized carbons (Fsp3) is 0.222. The van der Waals surface area contributed by atoms with Gasteiger partial charge in [-0.2, -0.15) is 0 Å². The van der Waals surface area contributed by atoms with Crippen LogP contribution in [0.4, 0.5) is 4.39 Å². The third-order valence-corrected chi connectivity index (χ3v) is 8.72. The Morgan fingerprint density at radius 2 is 1.66 bits per heavy atom. The number of aromatic amines is 1. The first kappa shape index (κ1) is 23.6. The van der Waals surface area contributed by atoms with Crippen molar-refractivity contribution in [3.05, 3.63) is 94.9 Å². The predicted octanol–water partition coefficient (Wildman–Crippen LogP) is 5.89. The Bertz CT molecular complexity index is 1480. The molecule has 4 aromatic rings. The highest BCUT2D eigenvalue weighted by atomic mass is 35.5. The molecular weight excluding hydrogens is 487 g/mol. The van der Waals surface area contributed by atoms with Crippen LogP contribution < -0.4 is 0 Å². The number of fused-ring (bicyclic) bond motifs is 1. The molecule has 5 nitrogen and oxygen atoms in total. The Labute approximate surface area is 208 Å². The largest absolute Gasteiger partial charge is 0.347 e. The quantitative estimate of drug-likeness (QED) is 0.364. The molecule has 0 saturated carbocycles. The van der Waals surface area contributed by atoms with E-state index in [0.29, 0.717) is 24.0 Å². The number of carbonyl (C=O) groups is 1. The second-order valence-electron chi connectivity index (χ2n) is 8.87. The summed E-state index contributed by atoms with van der Waals surface area (Å²) in [6.07, 6.45) is 2.57. The van der Waals surface area contributed by atoms with Gasteiger partial charge in [-0.25, -0.2) is 12.8 Å². The molecule has 1 fully saturated rings. The molecule has 5 rings (SSSR count). The van der Waals surface area contributed by atoms with Crippen LogP contribution in [0.5, 0.6) is 0 Å². The van der Waals surface area contributed by atoms with Crippen LogP contribution in [0.1, 0.15) is 28.9 Å². The van der Waals surface area contributed by atoms with Crippen LogP contribution in [0, 0.1) is 11.7 Å². The number of hydrogen-bond donors (Lipinski definition) is 1. The maximum absolute atomic E-state index is 14.6. The molecule has 35 heavy (non-hydrogen) atoms. The van der Waals surface area contributed by atoms with Crippen molar-refractivity contribution in [1.29, 1.82) is 0 Å². The lowest BCUT2D eigenvalue weighted by Gasteiger charge is -2.32. The highest BCUT2D eigenvalue weighted by Crippen LogP contribution is 2.34. The summed E-state index contributed by atoms with van der Waals surface area (Å²) in [7, 11) is -4.13. The minimum absolute atomic E-state index is 0.00218. The lowest BCUT2D eigenvalue weighted by molar-refractivity contribution is 0.0681.